The summed E-state index contributed by atoms with van der Waals surface area (Å²) in [4.78, 5) is 11.9. The predicted molar refractivity (Wildman–Crippen MR) is 100 cm³/mol. The third-order valence-electron chi connectivity index (χ3n) is 3.78. The number of ether oxygens (including phenoxy) is 2. The molecule has 0 amide bonds. The SMILES string of the molecule is CCOC(=O)CC(N=NS(=O)(=O)c1ccc(C)cc1)c1ccc(OC)cc1. The van der Waals surface area contributed by atoms with Crippen LogP contribution in [0.3, 0.4) is 0 Å². The summed E-state index contributed by atoms with van der Waals surface area (Å²) in [5.41, 5.74) is 1.57. The van der Waals surface area contributed by atoms with Gasteiger partial charge in [0.2, 0.25) is 0 Å². The van der Waals surface area contributed by atoms with Crippen LogP contribution in [0.1, 0.15) is 30.5 Å². The zero-order valence-electron chi connectivity index (χ0n) is 15.5. The van der Waals surface area contributed by atoms with Crippen LogP contribution in [0.2, 0.25) is 0 Å². The van der Waals surface area contributed by atoms with Crippen molar-refractivity contribution in [3.63, 3.8) is 0 Å². The monoisotopic (exact) mass is 390 g/mol. The van der Waals surface area contributed by atoms with Gasteiger partial charge in [-0.1, -0.05) is 34.3 Å². The van der Waals surface area contributed by atoms with E-state index >= 15 is 0 Å². The zero-order chi connectivity index (χ0) is 19.9. The zero-order valence-corrected chi connectivity index (χ0v) is 16.3. The predicted octanol–water partition coefficient (Wildman–Crippen LogP) is 3.84. The summed E-state index contributed by atoms with van der Waals surface area (Å²) in [5.74, 6) is 0.155. The Balaban J connectivity index is 2.30. The highest BCUT2D eigenvalue weighted by atomic mass is 32.2. The highest BCUT2D eigenvalue weighted by molar-refractivity contribution is 7.90. The van der Waals surface area contributed by atoms with Crippen LogP contribution in [0, 0.1) is 6.92 Å². The molecule has 0 radical (unpaired) electrons. The molecule has 7 nitrogen and oxygen atoms in total. The van der Waals surface area contributed by atoms with Gasteiger partial charge in [0.25, 0.3) is 10.0 Å². The number of nitrogens with zero attached hydrogens (tertiary/aromatic N) is 2. The molecular weight excluding hydrogens is 368 g/mol. The quantitative estimate of drug-likeness (QED) is 0.504. The fourth-order valence-corrected chi connectivity index (χ4v) is 3.12. The summed E-state index contributed by atoms with van der Waals surface area (Å²) >= 11 is 0. The first-order chi connectivity index (χ1) is 12.9. The number of aryl methyl sites for hydroxylation is 1. The smallest absolute Gasteiger partial charge is 0.308 e. The summed E-state index contributed by atoms with van der Waals surface area (Å²) in [7, 11) is -2.42. The molecule has 144 valence electrons. The van der Waals surface area contributed by atoms with Gasteiger partial charge in [0.15, 0.2) is 0 Å². The average Bonchev–Trinajstić information content (AvgIpc) is 2.66. The van der Waals surface area contributed by atoms with E-state index in [9.17, 15) is 13.2 Å². The van der Waals surface area contributed by atoms with Crippen molar-refractivity contribution in [1.82, 2.24) is 0 Å². The fraction of sp³-hybridized carbons (Fsp3) is 0.316. The Morgan fingerprint density at radius 1 is 1.07 bits per heavy atom. The first-order valence-corrected chi connectivity index (χ1v) is 9.83. The average molecular weight is 390 g/mol. The Hall–Kier alpha value is -2.74. The Kier molecular flexibility index (Phi) is 7.06. The first kappa shape index (κ1) is 20.6. The molecule has 2 rings (SSSR count). The highest BCUT2D eigenvalue weighted by Crippen LogP contribution is 2.26. The van der Waals surface area contributed by atoms with E-state index in [4.69, 9.17) is 9.47 Å². The summed E-state index contributed by atoms with van der Waals surface area (Å²) in [6, 6.07) is 12.4. The van der Waals surface area contributed by atoms with Crippen LogP contribution in [-0.2, 0) is 19.6 Å². The molecule has 1 unspecified atom stereocenters. The Morgan fingerprint density at radius 2 is 1.70 bits per heavy atom. The molecule has 0 N–H and O–H groups in total. The number of methoxy groups -OCH3 is 1. The van der Waals surface area contributed by atoms with E-state index in [1.165, 1.54) is 12.1 Å². The van der Waals surface area contributed by atoms with E-state index in [1.54, 1.807) is 50.4 Å². The maximum absolute atomic E-state index is 12.4. The molecule has 0 saturated heterocycles. The molecule has 0 aromatic heterocycles. The minimum atomic E-state index is -3.96. The lowest BCUT2D eigenvalue weighted by molar-refractivity contribution is -0.143. The van der Waals surface area contributed by atoms with Crippen molar-refractivity contribution >= 4 is 16.0 Å². The third-order valence-corrected chi connectivity index (χ3v) is 4.96. The molecular formula is C19H22N2O5S. The number of rotatable bonds is 8. The second kappa shape index (κ2) is 9.27. The number of esters is 1. The number of sulfonamides is 1. The molecule has 0 aliphatic heterocycles. The number of benzene rings is 2. The number of hydrogen-bond acceptors (Lipinski definition) is 6. The van der Waals surface area contributed by atoms with Gasteiger partial charge in [-0.25, -0.2) is 0 Å². The van der Waals surface area contributed by atoms with Gasteiger partial charge in [-0.2, -0.15) is 13.5 Å². The van der Waals surface area contributed by atoms with Crippen LogP contribution >= 0.6 is 0 Å². The molecule has 0 fully saturated rings. The number of hydrogen-bond donors (Lipinski definition) is 0. The van der Waals surface area contributed by atoms with Crippen molar-refractivity contribution in [2.45, 2.75) is 31.2 Å². The van der Waals surface area contributed by atoms with Crippen molar-refractivity contribution in [2.24, 2.45) is 9.63 Å². The van der Waals surface area contributed by atoms with Crippen molar-refractivity contribution < 1.29 is 22.7 Å². The summed E-state index contributed by atoms with van der Waals surface area (Å²) in [6.07, 6.45) is -0.118. The largest absolute Gasteiger partial charge is 0.497 e. The Bertz CT molecular complexity index is 891. The lowest BCUT2D eigenvalue weighted by Gasteiger charge is -2.12. The van der Waals surface area contributed by atoms with Gasteiger partial charge in [0.05, 0.1) is 25.0 Å². The van der Waals surface area contributed by atoms with Crippen molar-refractivity contribution in [2.75, 3.05) is 13.7 Å². The summed E-state index contributed by atoms with van der Waals surface area (Å²) in [6.45, 7) is 3.79. The van der Waals surface area contributed by atoms with Gasteiger partial charge in [0, 0.05) is 0 Å². The van der Waals surface area contributed by atoms with Gasteiger partial charge in [-0.3, -0.25) is 4.79 Å². The molecule has 0 spiro atoms. The maximum atomic E-state index is 12.4. The maximum Gasteiger partial charge on any atom is 0.308 e. The topological polar surface area (TPSA) is 94.4 Å². The third kappa shape index (κ3) is 5.89. The van der Waals surface area contributed by atoms with Crippen molar-refractivity contribution in [3.8, 4) is 5.75 Å². The van der Waals surface area contributed by atoms with Crippen molar-refractivity contribution in [1.29, 1.82) is 0 Å². The van der Waals surface area contributed by atoms with E-state index < -0.39 is 22.0 Å². The summed E-state index contributed by atoms with van der Waals surface area (Å²) in [5, 5.41) is 3.94. The van der Waals surface area contributed by atoms with Crippen LogP contribution < -0.4 is 4.74 Å². The van der Waals surface area contributed by atoms with E-state index in [-0.39, 0.29) is 17.9 Å². The second-order valence-corrected chi connectivity index (χ2v) is 7.37. The van der Waals surface area contributed by atoms with E-state index in [2.05, 4.69) is 9.63 Å². The number of carbonyl (C=O) groups is 1. The first-order valence-electron chi connectivity index (χ1n) is 8.39. The standard InChI is InChI=1S/C19H22N2O5S/c1-4-26-19(22)13-18(15-7-9-16(25-3)10-8-15)20-21-27(23,24)17-11-5-14(2)6-12-17/h5-12,18H,4,13H2,1-3H3. The van der Waals surface area contributed by atoms with Crippen molar-refractivity contribution in [3.05, 3.63) is 59.7 Å². The molecule has 8 heteroatoms. The minimum absolute atomic E-state index is 0.0430. The van der Waals surface area contributed by atoms with Gasteiger partial charge >= 0.3 is 5.97 Å². The van der Waals surface area contributed by atoms with Gasteiger partial charge < -0.3 is 9.47 Å². The molecule has 2 aromatic rings. The molecule has 0 saturated carbocycles. The molecule has 0 heterocycles. The van der Waals surface area contributed by atoms with Gasteiger partial charge in [-0.15, -0.1) is 0 Å². The lowest BCUT2D eigenvalue weighted by atomic mass is 10.0. The van der Waals surface area contributed by atoms with Gasteiger partial charge in [-0.05, 0) is 43.7 Å². The molecule has 0 aliphatic rings. The lowest BCUT2D eigenvalue weighted by Crippen LogP contribution is -2.09. The molecule has 0 aliphatic carbocycles. The van der Waals surface area contributed by atoms with Crippen LogP contribution in [0.5, 0.6) is 5.75 Å². The van der Waals surface area contributed by atoms with Gasteiger partial charge in [0.1, 0.15) is 11.8 Å². The minimum Gasteiger partial charge on any atom is -0.497 e. The van der Waals surface area contributed by atoms with E-state index in [0.717, 1.165) is 5.56 Å². The van der Waals surface area contributed by atoms with E-state index in [0.29, 0.717) is 11.3 Å². The Labute approximate surface area is 159 Å². The molecule has 1 atom stereocenters. The molecule has 0 bridgehead atoms. The summed E-state index contributed by atoms with van der Waals surface area (Å²) < 4.78 is 38.4. The Morgan fingerprint density at radius 3 is 2.26 bits per heavy atom. The fourth-order valence-electron chi connectivity index (χ4n) is 2.31. The van der Waals surface area contributed by atoms with Crippen LogP contribution in [-0.4, -0.2) is 28.1 Å². The molecule has 27 heavy (non-hydrogen) atoms. The number of carbonyl (C=O) groups excluding carboxylic acids is 1. The highest BCUT2D eigenvalue weighted by Gasteiger charge is 2.19. The second-order valence-electron chi connectivity index (χ2n) is 5.78. The normalized spacial score (nSPS) is 12.7. The van der Waals surface area contributed by atoms with Crippen LogP contribution in [0.15, 0.2) is 63.1 Å². The van der Waals surface area contributed by atoms with E-state index in [1.807, 2.05) is 6.92 Å². The molecule has 2 aromatic carbocycles. The van der Waals surface area contributed by atoms with Crippen LogP contribution in [0.25, 0.3) is 0 Å². The van der Waals surface area contributed by atoms with Crippen LogP contribution in [0.4, 0.5) is 0 Å².